The molecule has 1 aromatic heterocycles. The van der Waals surface area contributed by atoms with Crippen molar-refractivity contribution < 1.29 is 9.53 Å². The van der Waals surface area contributed by atoms with Crippen LogP contribution in [0.3, 0.4) is 0 Å². The summed E-state index contributed by atoms with van der Waals surface area (Å²) in [5, 5.41) is 9.03. The first kappa shape index (κ1) is 15.9. The molecule has 1 saturated heterocycles. The van der Waals surface area contributed by atoms with E-state index in [1.165, 1.54) is 11.5 Å². The number of benzene rings is 1. The summed E-state index contributed by atoms with van der Waals surface area (Å²) in [6, 6.07) is 7.49. The van der Waals surface area contributed by atoms with E-state index in [4.69, 9.17) is 4.74 Å². The maximum atomic E-state index is 12.5. The molecule has 2 heterocycles. The van der Waals surface area contributed by atoms with E-state index < -0.39 is 0 Å². The van der Waals surface area contributed by atoms with Gasteiger partial charge in [-0.05, 0) is 49.6 Å². The Kier molecular flexibility index (Phi) is 5.19. The van der Waals surface area contributed by atoms with E-state index in [0.717, 1.165) is 43.9 Å². The second-order valence-electron chi connectivity index (χ2n) is 5.64. The Morgan fingerprint density at radius 1 is 1.39 bits per heavy atom. The molecule has 0 bridgehead atoms. The lowest BCUT2D eigenvalue weighted by Crippen LogP contribution is -2.37. The Bertz CT molecular complexity index is 639. The SMILES string of the molecule is COc1ccccc1NC(=O)C1CCN(Cc2csnn2)CC1. The highest BCUT2D eigenvalue weighted by molar-refractivity contribution is 7.03. The van der Waals surface area contributed by atoms with E-state index in [0.29, 0.717) is 5.75 Å². The van der Waals surface area contributed by atoms with E-state index in [9.17, 15) is 4.79 Å². The number of piperidine rings is 1. The normalized spacial score (nSPS) is 16.2. The van der Waals surface area contributed by atoms with Crippen molar-refractivity contribution in [1.29, 1.82) is 0 Å². The minimum Gasteiger partial charge on any atom is -0.495 e. The molecular weight excluding hydrogens is 312 g/mol. The largest absolute Gasteiger partial charge is 0.495 e. The molecular formula is C16H20N4O2S. The highest BCUT2D eigenvalue weighted by atomic mass is 32.1. The van der Waals surface area contributed by atoms with Gasteiger partial charge in [0.05, 0.1) is 18.5 Å². The van der Waals surface area contributed by atoms with Crippen LogP contribution in [0.1, 0.15) is 18.5 Å². The van der Waals surface area contributed by atoms with E-state index in [-0.39, 0.29) is 11.8 Å². The molecule has 2 aromatic rings. The van der Waals surface area contributed by atoms with Gasteiger partial charge in [-0.25, -0.2) is 0 Å². The number of amides is 1. The molecule has 1 amide bonds. The number of para-hydroxylation sites is 2. The van der Waals surface area contributed by atoms with Gasteiger partial charge in [0.25, 0.3) is 0 Å². The molecule has 23 heavy (non-hydrogen) atoms. The molecule has 0 radical (unpaired) electrons. The van der Waals surface area contributed by atoms with Crippen LogP contribution >= 0.6 is 11.5 Å². The van der Waals surface area contributed by atoms with Crippen LogP contribution in [0.2, 0.25) is 0 Å². The summed E-state index contributed by atoms with van der Waals surface area (Å²) >= 11 is 1.37. The quantitative estimate of drug-likeness (QED) is 0.911. The van der Waals surface area contributed by atoms with E-state index in [1.54, 1.807) is 7.11 Å². The molecule has 1 aromatic carbocycles. The third-order valence-electron chi connectivity index (χ3n) is 4.11. The number of anilines is 1. The summed E-state index contributed by atoms with van der Waals surface area (Å²) in [4.78, 5) is 14.8. The molecule has 7 heteroatoms. The van der Waals surface area contributed by atoms with E-state index >= 15 is 0 Å². The third kappa shape index (κ3) is 4.05. The molecule has 1 aliphatic rings. The second-order valence-corrected chi connectivity index (χ2v) is 6.25. The fourth-order valence-electron chi connectivity index (χ4n) is 2.82. The van der Waals surface area contributed by atoms with Crippen molar-refractivity contribution in [2.75, 3.05) is 25.5 Å². The zero-order valence-electron chi connectivity index (χ0n) is 13.1. The van der Waals surface area contributed by atoms with Crippen LogP contribution in [0.15, 0.2) is 29.6 Å². The molecule has 0 saturated carbocycles. The van der Waals surface area contributed by atoms with Crippen molar-refractivity contribution in [3.05, 3.63) is 35.3 Å². The predicted octanol–water partition coefficient (Wildman–Crippen LogP) is 2.40. The topological polar surface area (TPSA) is 67.3 Å². The Hall–Kier alpha value is -1.99. The molecule has 1 N–H and O–H groups in total. The summed E-state index contributed by atoms with van der Waals surface area (Å²) in [5.41, 5.74) is 1.74. The fourth-order valence-corrected chi connectivity index (χ4v) is 3.26. The van der Waals surface area contributed by atoms with E-state index in [1.807, 2.05) is 29.6 Å². The van der Waals surface area contributed by atoms with Gasteiger partial charge in [0.2, 0.25) is 5.91 Å². The molecule has 0 aliphatic carbocycles. The van der Waals surface area contributed by atoms with Crippen molar-refractivity contribution in [2.45, 2.75) is 19.4 Å². The molecule has 1 aliphatic heterocycles. The number of aromatic nitrogens is 2. The number of carbonyl (C=O) groups is 1. The zero-order chi connectivity index (χ0) is 16.1. The van der Waals surface area contributed by atoms with Gasteiger partial charge in [0.1, 0.15) is 5.75 Å². The van der Waals surface area contributed by atoms with Gasteiger partial charge in [-0.1, -0.05) is 16.6 Å². The first-order chi connectivity index (χ1) is 11.3. The molecule has 1 fully saturated rings. The summed E-state index contributed by atoms with van der Waals surface area (Å²) in [6.07, 6.45) is 1.72. The highest BCUT2D eigenvalue weighted by Crippen LogP contribution is 2.26. The smallest absolute Gasteiger partial charge is 0.227 e. The van der Waals surface area contributed by atoms with Crippen LogP contribution in [0.25, 0.3) is 0 Å². The summed E-state index contributed by atoms with van der Waals surface area (Å²) < 4.78 is 9.16. The number of ether oxygens (including phenoxy) is 1. The van der Waals surface area contributed by atoms with Crippen LogP contribution in [0, 0.1) is 5.92 Å². The number of methoxy groups -OCH3 is 1. The van der Waals surface area contributed by atoms with Crippen molar-refractivity contribution in [2.24, 2.45) is 5.92 Å². The Morgan fingerprint density at radius 3 is 2.87 bits per heavy atom. The second kappa shape index (κ2) is 7.52. The van der Waals surface area contributed by atoms with Crippen LogP contribution in [0.4, 0.5) is 5.69 Å². The standard InChI is InChI=1S/C16H20N4O2S/c1-22-15-5-3-2-4-14(15)17-16(21)12-6-8-20(9-7-12)10-13-11-23-19-18-13/h2-5,11-12H,6-10H2,1H3,(H,17,21). The van der Waals surface area contributed by atoms with Gasteiger partial charge in [0.15, 0.2) is 0 Å². The number of rotatable bonds is 5. The molecule has 6 nitrogen and oxygen atoms in total. The van der Waals surface area contributed by atoms with Crippen molar-refractivity contribution in [3.8, 4) is 5.75 Å². The Morgan fingerprint density at radius 2 is 2.17 bits per heavy atom. The fraction of sp³-hybridized carbons (Fsp3) is 0.438. The minimum absolute atomic E-state index is 0.0460. The van der Waals surface area contributed by atoms with Crippen molar-refractivity contribution in [3.63, 3.8) is 0 Å². The van der Waals surface area contributed by atoms with Crippen molar-refractivity contribution >= 4 is 23.1 Å². The van der Waals surface area contributed by atoms with Gasteiger partial charge in [-0.15, -0.1) is 5.10 Å². The lowest BCUT2D eigenvalue weighted by Gasteiger charge is -2.30. The number of likely N-dealkylation sites (tertiary alicyclic amines) is 1. The number of hydrogen-bond donors (Lipinski definition) is 1. The number of carbonyl (C=O) groups excluding carboxylic acids is 1. The number of nitrogens with one attached hydrogen (secondary N) is 1. The van der Waals surface area contributed by atoms with Crippen molar-refractivity contribution in [1.82, 2.24) is 14.5 Å². The maximum absolute atomic E-state index is 12.5. The van der Waals surface area contributed by atoms with E-state index in [2.05, 4.69) is 19.8 Å². The number of hydrogen-bond acceptors (Lipinski definition) is 6. The lowest BCUT2D eigenvalue weighted by atomic mass is 9.95. The number of nitrogens with zero attached hydrogens (tertiary/aromatic N) is 3. The van der Waals surface area contributed by atoms with Gasteiger partial charge < -0.3 is 10.1 Å². The summed E-state index contributed by atoms with van der Waals surface area (Å²) in [5.74, 6) is 0.809. The lowest BCUT2D eigenvalue weighted by molar-refractivity contribution is -0.121. The summed E-state index contributed by atoms with van der Waals surface area (Å²) in [7, 11) is 1.61. The van der Waals surface area contributed by atoms with Crippen LogP contribution < -0.4 is 10.1 Å². The minimum atomic E-state index is 0.0460. The zero-order valence-corrected chi connectivity index (χ0v) is 13.9. The predicted molar refractivity (Wildman–Crippen MR) is 89.5 cm³/mol. The van der Waals surface area contributed by atoms with Gasteiger partial charge in [-0.3, -0.25) is 9.69 Å². The molecule has 0 unspecified atom stereocenters. The first-order valence-electron chi connectivity index (χ1n) is 7.68. The van der Waals surface area contributed by atoms with Gasteiger partial charge in [-0.2, -0.15) is 0 Å². The first-order valence-corrected chi connectivity index (χ1v) is 8.52. The molecule has 0 atom stereocenters. The molecule has 0 spiro atoms. The maximum Gasteiger partial charge on any atom is 0.227 e. The summed E-state index contributed by atoms with van der Waals surface area (Å²) in [6.45, 7) is 2.63. The van der Waals surface area contributed by atoms with Crippen LogP contribution in [-0.2, 0) is 11.3 Å². The third-order valence-corrected chi connectivity index (χ3v) is 4.67. The van der Waals surface area contributed by atoms with Gasteiger partial charge in [0, 0.05) is 17.8 Å². The van der Waals surface area contributed by atoms with Crippen LogP contribution in [0.5, 0.6) is 5.75 Å². The monoisotopic (exact) mass is 332 g/mol. The average Bonchev–Trinajstić information content (AvgIpc) is 3.09. The Labute approximate surface area is 139 Å². The molecule has 3 rings (SSSR count). The molecule has 122 valence electrons. The van der Waals surface area contributed by atoms with Gasteiger partial charge >= 0.3 is 0 Å². The average molecular weight is 332 g/mol. The highest BCUT2D eigenvalue weighted by Gasteiger charge is 2.25. The Balaban J connectivity index is 1.52. The van der Waals surface area contributed by atoms with Crippen LogP contribution in [-0.4, -0.2) is 40.6 Å².